The quantitative estimate of drug-likeness (QED) is 0.683. The summed E-state index contributed by atoms with van der Waals surface area (Å²) >= 11 is 1.92. The molecule has 1 aliphatic carbocycles. The summed E-state index contributed by atoms with van der Waals surface area (Å²) < 4.78 is 0. The average Bonchev–Trinajstić information content (AvgIpc) is 3.06. The molecule has 1 nitrogen and oxygen atoms in total. The molecule has 0 radical (unpaired) electrons. The molecule has 1 N–H and O–H groups in total. The third-order valence-corrected chi connectivity index (χ3v) is 5.18. The second kappa shape index (κ2) is 7.96. The second-order valence-electron chi connectivity index (χ2n) is 5.63. The molecular formula is C16H27NS. The van der Waals surface area contributed by atoms with Crippen molar-refractivity contribution in [3.8, 4) is 0 Å². The lowest BCUT2D eigenvalue weighted by Gasteiger charge is -2.23. The van der Waals surface area contributed by atoms with E-state index in [-0.39, 0.29) is 0 Å². The van der Waals surface area contributed by atoms with E-state index < -0.39 is 0 Å². The van der Waals surface area contributed by atoms with Gasteiger partial charge in [0.25, 0.3) is 0 Å². The van der Waals surface area contributed by atoms with Gasteiger partial charge < -0.3 is 5.32 Å². The van der Waals surface area contributed by atoms with E-state index in [4.69, 9.17) is 0 Å². The van der Waals surface area contributed by atoms with Crippen molar-refractivity contribution in [1.29, 1.82) is 0 Å². The zero-order chi connectivity index (χ0) is 12.6. The van der Waals surface area contributed by atoms with Gasteiger partial charge in [-0.15, -0.1) is 11.3 Å². The number of hydrogen-bond donors (Lipinski definition) is 1. The second-order valence-corrected chi connectivity index (χ2v) is 6.66. The first kappa shape index (κ1) is 14.1. The Morgan fingerprint density at radius 1 is 1.39 bits per heavy atom. The maximum absolute atomic E-state index is 3.65. The van der Waals surface area contributed by atoms with E-state index in [2.05, 4.69) is 29.8 Å². The molecule has 18 heavy (non-hydrogen) atoms. The van der Waals surface area contributed by atoms with Gasteiger partial charge in [0.2, 0.25) is 0 Å². The molecule has 2 rings (SSSR count). The van der Waals surface area contributed by atoms with Crippen LogP contribution in [0.15, 0.2) is 17.5 Å². The van der Waals surface area contributed by atoms with E-state index in [1.54, 1.807) is 4.88 Å². The van der Waals surface area contributed by atoms with E-state index in [0.29, 0.717) is 0 Å². The van der Waals surface area contributed by atoms with Crippen LogP contribution in [0.3, 0.4) is 0 Å². The molecule has 1 saturated carbocycles. The van der Waals surface area contributed by atoms with E-state index in [0.717, 1.165) is 11.8 Å². The standard InChI is InChI=1S/C16H27NS/c1-2-11-17-13-15(14-6-3-4-7-14)9-10-16-8-5-12-18-16/h5,8,12,14-15,17H,2-4,6-7,9-11,13H2,1H3. The van der Waals surface area contributed by atoms with Crippen molar-refractivity contribution in [2.45, 2.75) is 51.9 Å². The number of hydrogen-bond acceptors (Lipinski definition) is 2. The van der Waals surface area contributed by atoms with Crippen molar-refractivity contribution >= 4 is 11.3 Å². The van der Waals surface area contributed by atoms with Gasteiger partial charge in [-0.3, -0.25) is 0 Å². The summed E-state index contributed by atoms with van der Waals surface area (Å²) in [6, 6.07) is 4.47. The van der Waals surface area contributed by atoms with Crippen molar-refractivity contribution in [2.75, 3.05) is 13.1 Å². The fourth-order valence-electron chi connectivity index (χ4n) is 3.18. The van der Waals surface area contributed by atoms with Crippen molar-refractivity contribution < 1.29 is 0 Å². The van der Waals surface area contributed by atoms with Gasteiger partial charge in [-0.05, 0) is 55.6 Å². The lowest BCUT2D eigenvalue weighted by molar-refractivity contribution is 0.305. The molecule has 1 aromatic heterocycles. The monoisotopic (exact) mass is 265 g/mol. The third kappa shape index (κ3) is 4.40. The molecule has 0 aliphatic heterocycles. The normalized spacial score (nSPS) is 18.3. The fourth-order valence-corrected chi connectivity index (χ4v) is 3.90. The van der Waals surface area contributed by atoms with Gasteiger partial charge in [0.15, 0.2) is 0 Å². The summed E-state index contributed by atoms with van der Waals surface area (Å²) in [4.78, 5) is 1.56. The van der Waals surface area contributed by atoms with Crippen molar-refractivity contribution in [3.63, 3.8) is 0 Å². The van der Waals surface area contributed by atoms with Crippen molar-refractivity contribution in [1.82, 2.24) is 5.32 Å². The number of aryl methyl sites for hydroxylation is 1. The van der Waals surface area contributed by atoms with E-state index in [1.807, 2.05) is 11.3 Å². The highest BCUT2D eigenvalue weighted by Crippen LogP contribution is 2.33. The molecule has 102 valence electrons. The van der Waals surface area contributed by atoms with Crippen LogP contribution in [0, 0.1) is 11.8 Å². The lowest BCUT2D eigenvalue weighted by atomic mass is 9.86. The van der Waals surface area contributed by atoms with Gasteiger partial charge in [-0.2, -0.15) is 0 Å². The van der Waals surface area contributed by atoms with Crippen LogP contribution >= 0.6 is 11.3 Å². The summed E-state index contributed by atoms with van der Waals surface area (Å²) in [5.74, 6) is 1.90. The Balaban J connectivity index is 1.79. The van der Waals surface area contributed by atoms with Crippen LogP contribution in [-0.2, 0) is 6.42 Å². The molecule has 1 atom stereocenters. The Morgan fingerprint density at radius 3 is 2.89 bits per heavy atom. The minimum Gasteiger partial charge on any atom is -0.316 e. The first-order valence-electron chi connectivity index (χ1n) is 7.63. The van der Waals surface area contributed by atoms with Gasteiger partial charge >= 0.3 is 0 Å². The van der Waals surface area contributed by atoms with Gasteiger partial charge in [0.1, 0.15) is 0 Å². The first-order valence-corrected chi connectivity index (χ1v) is 8.51. The molecule has 0 spiro atoms. The Labute approximate surface area is 116 Å². The van der Waals surface area contributed by atoms with Crippen LogP contribution in [0.4, 0.5) is 0 Å². The molecule has 0 saturated heterocycles. The summed E-state index contributed by atoms with van der Waals surface area (Å²) in [6.07, 6.45) is 9.80. The third-order valence-electron chi connectivity index (χ3n) is 4.24. The Bertz CT molecular complexity index is 301. The molecule has 1 fully saturated rings. The van der Waals surface area contributed by atoms with Gasteiger partial charge in [0.05, 0.1) is 0 Å². The minimum absolute atomic E-state index is 0.904. The van der Waals surface area contributed by atoms with Crippen LogP contribution < -0.4 is 5.32 Å². The zero-order valence-electron chi connectivity index (χ0n) is 11.7. The molecular weight excluding hydrogens is 238 g/mol. The van der Waals surface area contributed by atoms with Crippen LogP contribution in [0.1, 0.15) is 50.3 Å². The molecule has 1 heterocycles. The number of rotatable bonds is 8. The number of nitrogens with one attached hydrogen (secondary N) is 1. The van der Waals surface area contributed by atoms with Crippen LogP contribution in [-0.4, -0.2) is 13.1 Å². The van der Waals surface area contributed by atoms with Crippen molar-refractivity contribution in [2.24, 2.45) is 11.8 Å². The molecule has 0 bridgehead atoms. The maximum Gasteiger partial charge on any atom is 0.00453 e. The Kier molecular flexibility index (Phi) is 6.22. The molecule has 1 aliphatic rings. The molecule has 0 amide bonds. The van der Waals surface area contributed by atoms with Gasteiger partial charge in [0, 0.05) is 4.88 Å². The molecule has 1 aromatic rings. The van der Waals surface area contributed by atoms with Gasteiger partial charge in [-0.1, -0.05) is 38.7 Å². The summed E-state index contributed by atoms with van der Waals surface area (Å²) in [5, 5.41) is 5.85. The maximum atomic E-state index is 3.65. The number of thiophene rings is 1. The van der Waals surface area contributed by atoms with Crippen molar-refractivity contribution in [3.05, 3.63) is 22.4 Å². The topological polar surface area (TPSA) is 12.0 Å². The predicted octanol–water partition coefficient (Wildman–Crippen LogP) is 4.49. The predicted molar refractivity (Wildman–Crippen MR) is 81.2 cm³/mol. The molecule has 2 heteroatoms. The van der Waals surface area contributed by atoms with Crippen LogP contribution in [0.5, 0.6) is 0 Å². The highest BCUT2D eigenvalue weighted by molar-refractivity contribution is 7.09. The van der Waals surface area contributed by atoms with E-state index in [9.17, 15) is 0 Å². The molecule has 0 aromatic carbocycles. The smallest absolute Gasteiger partial charge is 0.00453 e. The van der Waals surface area contributed by atoms with Crippen LogP contribution in [0.25, 0.3) is 0 Å². The van der Waals surface area contributed by atoms with E-state index >= 15 is 0 Å². The Morgan fingerprint density at radius 2 is 2.22 bits per heavy atom. The summed E-state index contributed by atoms with van der Waals surface area (Å²) in [5.41, 5.74) is 0. The van der Waals surface area contributed by atoms with Gasteiger partial charge in [-0.25, -0.2) is 0 Å². The average molecular weight is 265 g/mol. The minimum atomic E-state index is 0.904. The Hall–Kier alpha value is -0.340. The molecule has 1 unspecified atom stereocenters. The zero-order valence-corrected chi connectivity index (χ0v) is 12.5. The highest BCUT2D eigenvalue weighted by Gasteiger charge is 2.24. The first-order chi connectivity index (χ1) is 8.90. The largest absolute Gasteiger partial charge is 0.316 e. The SMILES string of the molecule is CCCNCC(CCc1cccs1)C1CCCC1. The van der Waals surface area contributed by atoms with E-state index in [1.165, 1.54) is 58.0 Å². The fraction of sp³-hybridized carbons (Fsp3) is 0.750. The summed E-state index contributed by atoms with van der Waals surface area (Å²) in [6.45, 7) is 4.68. The lowest BCUT2D eigenvalue weighted by Crippen LogP contribution is -2.28. The summed E-state index contributed by atoms with van der Waals surface area (Å²) in [7, 11) is 0. The highest BCUT2D eigenvalue weighted by atomic mass is 32.1. The van der Waals surface area contributed by atoms with Crippen LogP contribution in [0.2, 0.25) is 0 Å².